The van der Waals surface area contributed by atoms with Crippen molar-refractivity contribution in [2.24, 2.45) is 0 Å². The summed E-state index contributed by atoms with van der Waals surface area (Å²) in [4.78, 5) is 12.3. The highest BCUT2D eigenvalue weighted by Crippen LogP contribution is 2.17. The Bertz CT molecular complexity index is 692. The fraction of sp³-hybridized carbons (Fsp3) is 0.176. The Balaban J connectivity index is 2.09. The second kappa shape index (κ2) is 7.81. The van der Waals surface area contributed by atoms with Crippen LogP contribution in [-0.4, -0.2) is 26.2 Å². The van der Waals surface area contributed by atoms with Gasteiger partial charge in [-0.25, -0.2) is 0 Å². The smallest absolute Gasteiger partial charge is 0.255 e. The number of hydrogen-bond donors (Lipinski definition) is 1. The van der Waals surface area contributed by atoms with E-state index in [1.807, 2.05) is 6.07 Å². The van der Waals surface area contributed by atoms with Crippen LogP contribution in [0.25, 0.3) is 0 Å². The zero-order valence-electron chi connectivity index (χ0n) is 12.2. The van der Waals surface area contributed by atoms with Gasteiger partial charge in [-0.05, 0) is 30.3 Å². The van der Waals surface area contributed by atoms with Crippen LogP contribution in [0.2, 0.25) is 0 Å². The number of nitrogens with zero attached hydrogens (tertiary/aromatic N) is 1. The van der Waals surface area contributed by atoms with Crippen LogP contribution in [0.5, 0.6) is 5.75 Å². The Labute approximate surface area is 129 Å². The Morgan fingerprint density at radius 2 is 2.00 bits per heavy atom. The summed E-state index contributed by atoms with van der Waals surface area (Å²) >= 11 is 0. The van der Waals surface area contributed by atoms with Gasteiger partial charge in [0.25, 0.3) is 5.91 Å². The van der Waals surface area contributed by atoms with E-state index in [9.17, 15) is 4.79 Å². The molecule has 0 aliphatic heterocycles. The number of hydrogen-bond acceptors (Lipinski definition) is 4. The molecule has 0 atom stereocenters. The lowest BCUT2D eigenvalue weighted by Crippen LogP contribution is -2.13. The molecule has 2 rings (SSSR count). The molecule has 0 unspecified atom stereocenters. The molecule has 0 saturated heterocycles. The van der Waals surface area contributed by atoms with Gasteiger partial charge in [0.15, 0.2) is 0 Å². The number of benzene rings is 2. The topological polar surface area (TPSA) is 71.3 Å². The number of anilines is 1. The zero-order chi connectivity index (χ0) is 15.8. The van der Waals surface area contributed by atoms with E-state index in [1.165, 1.54) is 0 Å². The third kappa shape index (κ3) is 4.08. The monoisotopic (exact) mass is 296 g/mol. The average Bonchev–Trinajstić information content (AvgIpc) is 2.56. The number of carbonyl (C=O) groups is 1. The molecule has 0 spiro atoms. The predicted molar refractivity (Wildman–Crippen MR) is 82.9 cm³/mol. The minimum absolute atomic E-state index is 0.292. The first-order chi connectivity index (χ1) is 10.7. The molecular weight excluding hydrogens is 280 g/mol. The van der Waals surface area contributed by atoms with E-state index in [0.717, 1.165) is 0 Å². The molecule has 0 aliphatic rings. The van der Waals surface area contributed by atoms with Crippen molar-refractivity contribution in [3.63, 3.8) is 0 Å². The van der Waals surface area contributed by atoms with Crippen molar-refractivity contribution in [2.75, 3.05) is 25.6 Å². The lowest BCUT2D eigenvalue weighted by Gasteiger charge is -2.09. The standard InChI is InChI=1S/C17H16N2O3/c1-21-9-10-22-15-7-4-6-13(11-15)17(20)19-16-8-3-2-5-14(16)12-18/h2-8,11H,9-10H2,1H3,(H,19,20). The number of para-hydroxylation sites is 1. The van der Waals surface area contributed by atoms with Crippen molar-refractivity contribution in [2.45, 2.75) is 0 Å². The highest BCUT2D eigenvalue weighted by Gasteiger charge is 2.09. The minimum Gasteiger partial charge on any atom is -0.491 e. The lowest BCUT2D eigenvalue weighted by atomic mass is 10.1. The number of ether oxygens (including phenoxy) is 2. The summed E-state index contributed by atoms with van der Waals surface area (Å²) in [5.74, 6) is 0.304. The van der Waals surface area contributed by atoms with Crippen molar-refractivity contribution in [1.82, 2.24) is 0 Å². The van der Waals surface area contributed by atoms with Gasteiger partial charge >= 0.3 is 0 Å². The van der Waals surface area contributed by atoms with Gasteiger partial charge in [0.2, 0.25) is 0 Å². The van der Waals surface area contributed by atoms with Gasteiger partial charge in [-0.1, -0.05) is 18.2 Å². The molecule has 22 heavy (non-hydrogen) atoms. The van der Waals surface area contributed by atoms with Crippen LogP contribution >= 0.6 is 0 Å². The highest BCUT2D eigenvalue weighted by atomic mass is 16.5. The second-order valence-electron chi connectivity index (χ2n) is 4.48. The summed E-state index contributed by atoms with van der Waals surface area (Å²) in [6, 6.07) is 15.8. The molecule has 5 heteroatoms. The molecule has 0 fully saturated rings. The number of methoxy groups -OCH3 is 1. The quantitative estimate of drug-likeness (QED) is 0.832. The molecule has 2 aromatic carbocycles. The Hall–Kier alpha value is -2.84. The van der Waals surface area contributed by atoms with E-state index in [2.05, 4.69) is 5.32 Å². The van der Waals surface area contributed by atoms with Crippen LogP contribution in [0, 0.1) is 11.3 Å². The van der Waals surface area contributed by atoms with E-state index in [1.54, 1.807) is 55.6 Å². The summed E-state index contributed by atoms with van der Waals surface area (Å²) in [6.07, 6.45) is 0. The van der Waals surface area contributed by atoms with Gasteiger partial charge in [0.05, 0.1) is 17.9 Å². The number of rotatable bonds is 6. The van der Waals surface area contributed by atoms with Crippen LogP contribution in [0.1, 0.15) is 15.9 Å². The summed E-state index contributed by atoms with van der Waals surface area (Å²) in [6.45, 7) is 0.894. The number of carbonyl (C=O) groups excluding carboxylic acids is 1. The van der Waals surface area contributed by atoms with Gasteiger partial charge in [0.1, 0.15) is 18.4 Å². The van der Waals surface area contributed by atoms with Crippen LogP contribution < -0.4 is 10.1 Å². The van der Waals surface area contributed by atoms with Crippen LogP contribution in [0.3, 0.4) is 0 Å². The SMILES string of the molecule is COCCOc1cccc(C(=O)Nc2ccccc2C#N)c1. The van der Waals surface area contributed by atoms with E-state index >= 15 is 0 Å². The van der Waals surface area contributed by atoms with Crippen LogP contribution in [-0.2, 0) is 4.74 Å². The third-order valence-electron chi connectivity index (χ3n) is 2.95. The second-order valence-corrected chi connectivity index (χ2v) is 4.48. The summed E-state index contributed by atoms with van der Waals surface area (Å²) in [5.41, 5.74) is 1.37. The summed E-state index contributed by atoms with van der Waals surface area (Å²) < 4.78 is 10.4. The Morgan fingerprint density at radius 1 is 1.18 bits per heavy atom. The number of amides is 1. The van der Waals surface area contributed by atoms with Crippen molar-refractivity contribution in [1.29, 1.82) is 5.26 Å². The maximum absolute atomic E-state index is 12.3. The summed E-state index contributed by atoms with van der Waals surface area (Å²) in [5, 5.41) is 11.8. The fourth-order valence-electron chi connectivity index (χ4n) is 1.85. The molecule has 5 nitrogen and oxygen atoms in total. The van der Waals surface area contributed by atoms with Gasteiger partial charge in [-0.3, -0.25) is 4.79 Å². The molecule has 112 valence electrons. The molecule has 0 aromatic heterocycles. The fourth-order valence-corrected chi connectivity index (χ4v) is 1.85. The molecule has 0 radical (unpaired) electrons. The maximum Gasteiger partial charge on any atom is 0.255 e. The molecule has 0 saturated carbocycles. The Kier molecular flexibility index (Phi) is 5.52. The third-order valence-corrected chi connectivity index (χ3v) is 2.95. The Morgan fingerprint density at radius 3 is 2.77 bits per heavy atom. The molecular formula is C17H16N2O3. The maximum atomic E-state index is 12.3. The van der Waals surface area contributed by atoms with Gasteiger partial charge in [-0.15, -0.1) is 0 Å². The van der Waals surface area contributed by atoms with Crippen molar-refractivity contribution >= 4 is 11.6 Å². The van der Waals surface area contributed by atoms with Crippen molar-refractivity contribution in [3.8, 4) is 11.8 Å². The molecule has 0 bridgehead atoms. The first kappa shape index (κ1) is 15.5. The minimum atomic E-state index is -0.292. The van der Waals surface area contributed by atoms with Gasteiger partial charge < -0.3 is 14.8 Å². The molecule has 2 aromatic rings. The highest BCUT2D eigenvalue weighted by molar-refractivity contribution is 6.05. The van der Waals surface area contributed by atoms with E-state index in [4.69, 9.17) is 14.7 Å². The first-order valence-corrected chi connectivity index (χ1v) is 6.77. The average molecular weight is 296 g/mol. The van der Waals surface area contributed by atoms with E-state index in [-0.39, 0.29) is 5.91 Å². The lowest BCUT2D eigenvalue weighted by molar-refractivity contribution is 0.102. The summed E-state index contributed by atoms with van der Waals surface area (Å²) in [7, 11) is 1.60. The normalized spacial score (nSPS) is 9.82. The van der Waals surface area contributed by atoms with E-state index in [0.29, 0.717) is 35.8 Å². The number of nitriles is 1. The van der Waals surface area contributed by atoms with Crippen molar-refractivity contribution < 1.29 is 14.3 Å². The van der Waals surface area contributed by atoms with Crippen molar-refractivity contribution in [3.05, 3.63) is 59.7 Å². The number of nitrogens with one attached hydrogen (secondary N) is 1. The molecule has 1 N–H and O–H groups in total. The van der Waals surface area contributed by atoms with E-state index < -0.39 is 0 Å². The van der Waals surface area contributed by atoms with Gasteiger partial charge in [-0.2, -0.15) is 5.26 Å². The molecule has 0 heterocycles. The zero-order valence-corrected chi connectivity index (χ0v) is 12.2. The largest absolute Gasteiger partial charge is 0.491 e. The van der Waals surface area contributed by atoms with Crippen LogP contribution in [0.15, 0.2) is 48.5 Å². The van der Waals surface area contributed by atoms with Crippen LogP contribution in [0.4, 0.5) is 5.69 Å². The molecule has 1 amide bonds. The predicted octanol–water partition coefficient (Wildman–Crippen LogP) is 2.84. The first-order valence-electron chi connectivity index (χ1n) is 6.77. The molecule has 0 aliphatic carbocycles. The van der Waals surface area contributed by atoms with Gasteiger partial charge in [0, 0.05) is 12.7 Å².